The number of likely N-dealkylation sites (tertiary alicyclic amines) is 1. The fourth-order valence-electron chi connectivity index (χ4n) is 3.38. The maximum atomic E-state index is 11.4. The van der Waals surface area contributed by atoms with Crippen LogP contribution in [0.15, 0.2) is 0 Å². The lowest BCUT2D eigenvalue weighted by molar-refractivity contribution is -0.143. The number of carboxylic acids is 1. The maximum absolute atomic E-state index is 11.4. The van der Waals surface area contributed by atoms with Crippen molar-refractivity contribution in [2.24, 2.45) is 11.8 Å². The van der Waals surface area contributed by atoms with Crippen LogP contribution in [0.1, 0.15) is 39.5 Å². The average Bonchev–Trinajstić information content (AvgIpc) is 2.70. The zero-order valence-electron chi connectivity index (χ0n) is 10.7. The molecule has 98 valence electrons. The molecule has 1 saturated heterocycles. The molecule has 0 amide bonds. The SMILES string of the molecule is CC(C)(O)CCN1CC2CCCC2C1C(=O)O. The van der Waals surface area contributed by atoms with Crippen molar-refractivity contribution < 1.29 is 15.0 Å². The molecule has 0 bridgehead atoms. The molecule has 2 aliphatic rings. The monoisotopic (exact) mass is 241 g/mol. The van der Waals surface area contributed by atoms with Gasteiger partial charge in [0.05, 0.1) is 5.60 Å². The highest BCUT2D eigenvalue weighted by Crippen LogP contribution is 2.42. The van der Waals surface area contributed by atoms with Crippen LogP contribution < -0.4 is 0 Å². The van der Waals surface area contributed by atoms with E-state index in [1.54, 1.807) is 13.8 Å². The van der Waals surface area contributed by atoms with Crippen molar-refractivity contribution in [2.75, 3.05) is 13.1 Å². The molecule has 3 unspecified atom stereocenters. The summed E-state index contributed by atoms with van der Waals surface area (Å²) in [5.41, 5.74) is -0.708. The van der Waals surface area contributed by atoms with Gasteiger partial charge >= 0.3 is 5.97 Å². The molecule has 0 aromatic rings. The maximum Gasteiger partial charge on any atom is 0.321 e. The van der Waals surface area contributed by atoms with Crippen molar-refractivity contribution >= 4 is 5.97 Å². The first kappa shape index (κ1) is 12.8. The number of carbonyl (C=O) groups is 1. The van der Waals surface area contributed by atoms with E-state index in [1.807, 2.05) is 0 Å². The number of rotatable bonds is 4. The third-order valence-electron chi connectivity index (χ3n) is 4.25. The van der Waals surface area contributed by atoms with Gasteiger partial charge in [-0.2, -0.15) is 0 Å². The largest absolute Gasteiger partial charge is 0.480 e. The molecule has 0 spiro atoms. The number of hydrogen-bond donors (Lipinski definition) is 2. The van der Waals surface area contributed by atoms with Crippen LogP contribution in [0.4, 0.5) is 0 Å². The second kappa shape index (κ2) is 4.58. The third-order valence-corrected chi connectivity index (χ3v) is 4.25. The highest BCUT2D eigenvalue weighted by molar-refractivity contribution is 5.74. The molecule has 0 aromatic carbocycles. The molecule has 17 heavy (non-hydrogen) atoms. The smallest absolute Gasteiger partial charge is 0.321 e. The lowest BCUT2D eigenvalue weighted by atomic mass is 9.94. The van der Waals surface area contributed by atoms with E-state index < -0.39 is 11.6 Å². The van der Waals surface area contributed by atoms with Crippen molar-refractivity contribution in [3.8, 4) is 0 Å². The Balaban J connectivity index is 1.99. The Hall–Kier alpha value is -0.610. The molecule has 0 radical (unpaired) electrons. The van der Waals surface area contributed by atoms with Crippen LogP contribution in [-0.4, -0.2) is 45.8 Å². The molecule has 3 atom stereocenters. The average molecular weight is 241 g/mol. The van der Waals surface area contributed by atoms with Crippen LogP contribution in [0, 0.1) is 11.8 Å². The molecule has 2 N–H and O–H groups in total. The zero-order valence-corrected chi connectivity index (χ0v) is 10.7. The summed E-state index contributed by atoms with van der Waals surface area (Å²) in [6.45, 7) is 5.14. The highest BCUT2D eigenvalue weighted by Gasteiger charge is 2.47. The van der Waals surface area contributed by atoms with E-state index >= 15 is 0 Å². The summed E-state index contributed by atoms with van der Waals surface area (Å²) in [5.74, 6) is 0.224. The van der Waals surface area contributed by atoms with Gasteiger partial charge in [-0.25, -0.2) is 0 Å². The van der Waals surface area contributed by atoms with E-state index in [0.29, 0.717) is 24.8 Å². The first-order valence-corrected chi connectivity index (χ1v) is 6.58. The highest BCUT2D eigenvalue weighted by atomic mass is 16.4. The Morgan fingerprint density at radius 3 is 2.71 bits per heavy atom. The lowest BCUT2D eigenvalue weighted by Crippen LogP contribution is -2.41. The summed E-state index contributed by atoms with van der Waals surface area (Å²) < 4.78 is 0. The number of nitrogens with zero attached hydrogens (tertiary/aromatic N) is 1. The number of aliphatic hydroxyl groups is 1. The van der Waals surface area contributed by atoms with Gasteiger partial charge < -0.3 is 10.2 Å². The van der Waals surface area contributed by atoms with Crippen LogP contribution in [0.3, 0.4) is 0 Å². The normalized spacial score (nSPS) is 33.9. The van der Waals surface area contributed by atoms with E-state index in [2.05, 4.69) is 4.90 Å². The summed E-state index contributed by atoms with van der Waals surface area (Å²) in [6.07, 6.45) is 4.04. The molecule has 4 heteroatoms. The number of carboxylic acid groups (broad SMARTS) is 1. The molecule has 4 nitrogen and oxygen atoms in total. The van der Waals surface area contributed by atoms with Gasteiger partial charge in [-0.1, -0.05) is 6.42 Å². The lowest BCUT2D eigenvalue weighted by Gasteiger charge is -2.27. The Morgan fingerprint density at radius 2 is 2.12 bits per heavy atom. The molecule has 2 rings (SSSR count). The summed E-state index contributed by atoms with van der Waals surface area (Å²) in [4.78, 5) is 13.4. The predicted octanol–water partition coefficient (Wildman–Crippen LogP) is 1.33. The first-order chi connectivity index (χ1) is 7.88. The Kier molecular flexibility index (Phi) is 3.46. The van der Waals surface area contributed by atoms with Crippen LogP contribution in [-0.2, 0) is 4.79 Å². The van der Waals surface area contributed by atoms with E-state index in [9.17, 15) is 15.0 Å². The number of fused-ring (bicyclic) bond motifs is 1. The fourth-order valence-corrected chi connectivity index (χ4v) is 3.38. The second-order valence-corrected chi connectivity index (χ2v) is 6.20. The molecule has 1 aliphatic carbocycles. The number of hydrogen-bond acceptors (Lipinski definition) is 3. The fraction of sp³-hybridized carbons (Fsp3) is 0.923. The standard InChI is InChI=1S/C13H23NO3/c1-13(2,17)6-7-14-8-9-4-3-5-10(9)11(14)12(15)16/h9-11,17H,3-8H2,1-2H3,(H,15,16). The Bertz CT molecular complexity index is 298. The first-order valence-electron chi connectivity index (χ1n) is 6.58. The minimum Gasteiger partial charge on any atom is -0.480 e. The number of aliphatic carboxylic acids is 1. The van der Waals surface area contributed by atoms with Crippen LogP contribution in [0.25, 0.3) is 0 Å². The molecule has 1 heterocycles. The summed E-state index contributed by atoms with van der Waals surface area (Å²) >= 11 is 0. The van der Waals surface area contributed by atoms with Gasteiger partial charge in [0.1, 0.15) is 6.04 Å². The summed E-state index contributed by atoms with van der Waals surface area (Å²) in [7, 11) is 0. The van der Waals surface area contributed by atoms with E-state index in [4.69, 9.17) is 0 Å². The minimum absolute atomic E-state index is 0.315. The van der Waals surface area contributed by atoms with Gasteiger partial charge in [0.25, 0.3) is 0 Å². The summed E-state index contributed by atoms with van der Waals surface area (Å²) in [6, 6.07) is -0.315. The van der Waals surface area contributed by atoms with E-state index in [0.717, 1.165) is 13.0 Å². The minimum atomic E-state index is -0.708. The Labute approximate surface area is 103 Å². The Morgan fingerprint density at radius 1 is 1.41 bits per heavy atom. The molecular weight excluding hydrogens is 218 g/mol. The van der Waals surface area contributed by atoms with Crippen molar-refractivity contribution in [2.45, 2.75) is 51.2 Å². The van der Waals surface area contributed by atoms with Crippen molar-refractivity contribution in [3.05, 3.63) is 0 Å². The van der Waals surface area contributed by atoms with E-state index in [1.165, 1.54) is 12.8 Å². The molecule has 2 fully saturated rings. The quantitative estimate of drug-likeness (QED) is 0.779. The predicted molar refractivity (Wildman–Crippen MR) is 64.7 cm³/mol. The van der Waals surface area contributed by atoms with Crippen LogP contribution in [0.2, 0.25) is 0 Å². The van der Waals surface area contributed by atoms with Gasteiger partial charge in [-0.15, -0.1) is 0 Å². The second-order valence-electron chi connectivity index (χ2n) is 6.20. The molecule has 1 aliphatic heterocycles. The van der Waals surface area contributed by atoms with Crippen LogP contribution in [0.5, 0.6) is 0 Å². The van der Waals surface area contributed by atoms with Crippen LogP contribution >= 0.6 is 0 Å². The van der Waals surface area contributed by atoms with E-state index in [-0.39, 0.29) is 6.04 Å². The molecule has 0 aromatic heterocycles. The third kappa shape index (κ3) is 2.80. The topological polar surface area (TPSA) is 60.8 Å². The summed E-state index contributed by atoms with van der Waals surface area (Å²) in [5, 5.41) is 19.1. The molecular formula is C13H23NO3. The van der Waals surface area contributed by atoms with Gasteiger partial charge in [-0.3, -0.25) is 9.69 Å². The van der Waals surface area contributed by atoms with Gasteiger partial charge in [-0.05, 0) is 44.9 Å². The zero-order chi connectivity index (χ0) is 12.6. The van der Waals surface area contributed by atoms with Gasteiger partial charge in [0.15, 0.2) is 0 Å². The van der Waals surface area contributed by atoms with Crippen molar-refractivity contribution in [1.29, 1.82) is 0 Å². The van der Waals surface area contributed by atoms with Crippen molar-refractivity contribution in [3.63, 3.8) is 0 Å². The van der Waals surface area contributed by atoms with Gasteiger partial charge in [0, 0.05) is 13.1 Å². The van der Waals surface area contributed by atoms with Crippen molar-refractivity contribution in [1.82, 2.24) is 4.90 Å². The molecule has 1 saturated carbocycles. The van der Waals surface area contributed by atoms with Gasteiger partial charge in [0.2, 0.25) is 0 Å².